The Bertz CT molecular complexity index is 734. The molecule has 1 heterocycles. The van der Waals surface area contributed by atoms with Gasteiger partial charge in [0, 0.05) is 30.7 Å². The SMILES string of the molecule is Cc1cc(C)n(CC(C)CNC(=O)NCC2(c3ccccc3)CCC2)n1. The third-order valence-corrected chi connectivity index (χ3v) is 5.48. The minimum absolute atomic E-state index is 0.0765. The van der Waals surface area contributed by atoms with E-state index in [1.165, 1.54) is 12.0 Å². The van der Waals surface area contributed by atoms with Crippen molar-refractivity contribution < 1.29 is 4.79 Å². The highest BCUT2D eigenvalue weighted by Gasteiger charge is 2.38. The maximum Gasteiger partial charge on any atom is 0.314 e. The van der Waals surface area contributed by atoms with Crippen molar-refractivity contribution in [2.45, 2.75) is 52.0 Å². The van der Waals surface area contributed by atoms with Gasteiger partial charge in [-0.1, -0.05) is 43.7 Å². The summed E-state index contributed by atoms with van der Waals surface area (Å²) in [5.41, 5.74) is 3.65. The molecule has 1 aromatic heterocycles. The number of nitrogens with one attached hydrogen (secondary N) is 2. The number of carbonyl (C=O) groups excluding carboxylic acids is 1. The lowest BCUT2D eigenvalue weighted by Gasteiger charge is -2.42. The maximum absolute atomic E-state index is 12.2. The van der Waals surface area contributed by atoms with Gasteiger partial charge in [-0.3, -0.25) is 4.68 Å². The topological polar surface area (TPSA) is 59.0 Å². The third kappa shape index (κ3) is 4.26. The van der Waals surface area contributed by atoms with E-state index in [-0.39, 0.29) is 11.4 Å². The number of hydrogen-bond donors (Lipinski definition) is 2. The quantitative estimate of drug-likeness (QED) is 0.799. The highest BCUT2D eigenvalue weighted by molar-refractivity contribution is 5.74. The van der Waals surface area contributed by atoms with Gasteiger partial charge in [0.2, 0.25) is 0 Å². The van der Waals surface area contributed by atoms with E-state index in [4.69, 9.17) is 0 Å². The number of benzene rings is 1. The molecular weight excluding hydrogens is 324 g/mol. The first-order valence-corrected chi connectivity index (χ1v) is 9.57. The Labute approximate surface area is 156 Å². The second-order valence-corrected chi connectivity index (χ2v) is 7.78. The van der Waals surface area contributed by atoms with Gasteiger partial charge in [-0.15, -0.1) is 0 Å². The van der Waals surface area contributed by atoms with Crippen LogP contribution in [0, 0.1) is 19.8 Å². The molecule has 2 N–H and O–H groups in total. The molecule has 0 spiro atoms. The fourth-order valence-electron chi connectivity index (χ4n) is 3.76. The number of amides is 2. The maximum atomic E-state index is 12.2. The van der Waals surface area contributed by atoms with Crippen LogP contribution in [0.1, 0.15) is 43.1 Å². The summed E-state index contributed by atoms with van der Waals surface area (Å²) in [6.07, 6.45) is 3.52. The summed E-state index contributed by atoms with van der Waals surface area (Å²) in [5, 5.41) is 10.6. The molecule has 1 aliphatic carbocycles. The largest absolute Gasteiger partial charge is 0.338 e. The summed E-state index contributed by atoms with van der Waals surface area (Å²) in [6.45, 7) is 8.36. The average Bonchev–Trinajstić information content (AvgIpc) is 2.90. The van der Waals surface area contributed by atoms with Crippen molar-refractivity contribution in [3.05, 3.63) is 53.3 Å². The molecule has 1 saturated carbocycles. The molecule has 0 bridgehead atoms. The zero-order valence-corrected chi connectivity index (χ0v) is 16.1. The Morgan fingerprint density at radius 3 is 2.54 bits per heavy atom. The van der Waals surface area contributed by atoms with E-state index in [0.29, 0.717) is 19.0 Å². The van der Waals surface area contributed by atoms with Crippen LogP contribution < -0.4 is 10.6 Å². The van der Waals surface area contributed by atoms with Crippen molar-refractivity contribution in [1.29, 1.82) is 0 Å². The van der Waals surface area contributed by atoms with Crippen molar-refractivity contribution in [3.63, 3.8) is 0 Å². The molecule has 1 aromatic carbocycles. The number of rotatable bonds is 7. The van der Waals surface area contributed by atoms with Crippen LogP contribution in [0.3, 0.4) is 0 Å². The van der Waals surface area contributed by atoms with Crippen molar-refractivity contribution in [2.24, 2.45) is 5.92 Å². The Morgan fingerprint density at radius 1 is 1.23 bits per heavy atom. The first-order valence-electron chi connectivity index (χ1n) is 9.57. The summed E-state index contributed by atoms with van der Waals surface area (Å²) in [5.74, 6) is 0.325. The van der Waals surface area contributed by atoms with E-state index in [1.54, 1.807) is 0 Å². The first-order chi connectivity index (χ1) is 12.5. The lowest BCUT2D eigenvalue weighted by atomic mass is 9.64. The molecule has 1 unspecified atom stereocenters. The number of aromatic nitrogens is 2. The molecule has 5 heteroatoms. The predicted molar refractivity (Wildman–Crippen MR) is 104 cm³/mol. The van der Waals surface area contributed by atoms with Crippen LogP contribution in [0.15, 0.2) is 36.4 Å². The lowest BCUT2D eigenvalue weighted by molar-refractivity contribution is 0.213. The molecule has 1 aliphatic rings. The number of hydrogen-bond acceptors (Lipinski definition) is 2. The van der Waals surface area contributed by atoms with Crippen molar-refractivity contribution in [1.82, 2.24) is 20.4 Å². The Kier molecular flexibility index (Phi) is 5.64. The summed E-state index contributed by atoms with van der Waals surface area (Å²) in [4.78, 5) is 12.2. The molecule has 3 rings (SSSR count). The van der Waals surface area contributed by atoms with Gasteiger partial charge in [0.05, 0.1) is 5.69 Å². The van der Waals surface area contributed by atoms with Crippen LogP contribution in [0.2, 0.25) is 0 Å². The van der Waals surface area contributed by atoms with Gasteiger partial charge in [-0.2, -0.15) is 5.10 Å². The molecule has 2 amide bonds. The molecular formula is C21H30N4O. The van der Waals surface area contributed by atoms with Gasteiger partial charge < -0.3 is 10.6 Å². The third-order valence-electron chi connectivity index (χ3n) is 5.48. The molecule has 140 valence electrons. The molecule has 1 atom stereocenters. The molecule has 0 aliphatic heterocycles. The Hall–Kier alpha value is -2.30. The van der Waals surface area contributed by atoms with Gasteiger partial charge in [-0.25, -0.2) is 4.79 Å². The Balaban J connectivity index is 1.45. The normalized spacial score (nSPS) is 16.6. The molecule has 0 saturated heterocycles. The number of nitrogens with zero attached hydrogens (tertiary/aromatic N) is 2. The van der Waals surface area contributed by atoms with Gasteiger partial charge in [0.1, 0.15) is 0 Å². The first kappa shape index (κ1) is 18.5. The van der Waals surface area contributed by atoms with E-state index >= 15 is 0 Å². The minimum Gasteiger partial charge on any atom is -0.338 e. The fraction of sp³-hybridized carbons (Fsp3) is 0.524. The predicted octanol–water partition coefficient (Wildman–Crippen LogP) is 3.56. The van der Waals surface area contributed by atoms with Gasteiger partial charge in [0.15, 0.2) is 0 Å². The monoisotopic (exact) mass is 354 g/mol. The highest BCUT2D eigenvalue weighted by atomic mass is 16.2. The zero-order chi connectivity index (χ0) is 18.6. The van der Waals surface area contributed by atoms with Crippen LogP contribution in [-0.2, 0) is 12.0 Å². The lowest BCUT2D eigenvalue weighted by Crippen LogP contribution is -2.48. The van der Waals surface area contributed by atoms with Crippen LogP contribution in [0.5, 0.6) is 0 Å². The van der Waals surface area contributed by atoms with Gasteiger partial charge in [0.25, 0.3) is 0 Å². The van der Waals surface area contributed by atoms with E-state index in [1.807, 2.05) is 17.7 Å². The van der Waals surface area contributed by atoms with Crippen LogP contribution >= 0.6 is 0 Å². The van der Waals surface area contributed by atoms with Crippen molar-refractivity contribution in [3.8, 4) is 0 Å². The summed E-state index contributed by atoms with van der Waals surface area (Å²) in [7, 11) is 0. The number of aryl methyl sites for hydroxylation is 2. The Morgan fingerprint density at radius 2 is 1.96 bits per heavy atom. The highest BCUT2D eigenvalue weighted by Crippen LogP contribution is 2.43. The molecule has 1 fully saturated rings. The van der Waals surface area contributed by atoms with E-state index in [2.05, 4.69) is 59.9 Å². The second-order valence-electron chi connectivity index (χ2n) is 7.78. The number of urea groups is 1. The molecule has 26 heavy (non-hydrogen) atoms. The van der Waals surface area contributed by atoms with E-state index in [0.717, 1.165) is 30.8 Å². The minimum atomic E-state index is -0.0765. The van der Waals surface area contributed by atoms with Gasteiger partial charge >= 0.3 is 6.03 Å². The van der Waals surface area contributed by atoms with Crippen LogP contribution in [0.25, 0.3) is 0 Å². The van der Waals surface area contributed by atoms with Crippen molar-refractivity contribution in [2.75, 3.05) is 13.1 Å². The average molecular weight is 354 g/mol. The number of carbonyl (C=O) groups is 1. The van der Waals surface area contributed by atoms with Crippen LogP contribution in [0.4, 0.5) is 4.79 Å². The van der Waals surface area contributed by atoms with Crippen LogP contribution in [-0.4, -0.2) is 28.9 Å². The second kappa shape index (κ2) is 7.94. The standard InChI is InChI=1S/C21H30N4O/c1-16(14-25-18(3)12-17(2)24-25)13-22-20(26)23-15-21(10-7-11-21)19-8-5-4-6-9-19/h4-6,8-9,12,16H,7,10-11,13-15H2,1-3H3,(H2,22,23,26). The van der Waals surface area contributed by atoms with Crippen molar-refractivity contribution >= 4 is 6.03 Å². The smallest absolute Gasteiger partial charge is 0.314 e. The molecule has 2 aromatic rings. The molecule has 5 nitrogen and oxygen atoms in total. The summed E-state index contributed by atoms with van der Waals surface area (Å²) < 4.78 is 2.01. The van der Waals surface area contributed by atoms with E-state index in [9.17, 15) is 4.79 Å². The summed E-state index contributed by atoms with van der Waals surface area (Å²) in [6, 6.07) is 12.6. The summed E-state index contributed by atoms with van der Waals surface area (Å²) >= 11 is 0. The fourth-order valence-corrected chi connectivity index (χ4v) is 3.76. The van der Waals surface area contributed by atoms with E-state index < -0.39 is 0 Å². The molecule has 0 radical (unpaired) electrons. The zero-order valence-electron chi connectivity index (χ0n) is 16.1. The van der Waals surface area contributed by atoms with Gasteiger partial charge in [-0.05, 0) is 44.2 Å².